The summed E-state index contributed by atoms with van der Waals surface area (Å²) in [6.45, 7) is 6.59. The van der Waals surface area contributed by atoms with Gasteiger partial charge in [-0.25, -0.2) is 9.59 Å². The van der Waals surface area contributed by atoms with Crippen molar-refractivity contribution in [2.75, 3.05) is 30.8 Å². The van der Waals surface area contributed by atoms with E-state index in [4.69, 9.17) is 9.47 Å². The Morgan fingerprint density at radius 3 is 2.07 bits per heavy atom. The molecule has 1 aromatic carbocycles. The average molecular weight is 389 g/mol. The van der Waals surface area contributed by atoms with E-state index in [1.165, 1.54) is 26.2 Å². The molecule has 10 nitrogen and oxygen atoms in total. The van der Waals surface area contributed by atoms with E-state index in [0.717, 1.165) is 0 Å². The predicted molar refractivity (Wildman–Crippen MR) is 102 cm³/mol. The molecule has 0 bridgehead atoms. The van der Waals surface area contributed by atoms with Crippen LogP contribution in [0.15, 0.2) is 24.3 Å². The van der Waals surface area contributed by atoms with Gasteiger partial charge in [0, 0.05) is 13.1 Å². The molecular formula is C18H23N5O5. The predicted octanol–water partition coefficient (Wildman–Crippen LogP) is 2.25. The lowest BCUT2D eigenvalue weighted by atomic mass is 10.2. The highest BCUT2D eigenvalue weighted by Crippen LogP contribution is 2.21. The van der Waals surface area contributed by atoms with E-state index in [-0.39, 0.29) is 11.6 Å². The SMILES string of the molecule is CCNc1nc(NCC)nc(Oc2ccc(C(=O)O[C@H](C)C(=O)OC)cc2)n1. The minimum absolute atomic E-state index is 0.108. The number of rotatable bonds is 9. The third kappa shape index (κ3) is 5.79. The minimum atomic E-state index is -0.993. The van der Waals surface area contributed by atoms with Gasteiger partial charge in [0.2, 0.25) is 11.9 Å². The maximum absolute atomic E-state index is 12.1. The summed E-state index contributed by atoms with van der Waals surface area (Å²) in [7, 11) is 1.23. The molecule has 0 aliphatic rings. The lowest BCUT2D eigenvalue weighted by Crippen LogP contribution is -2.25. The van der Waals surface area contributed by atoms with Crippen molar-refractivity contribution in [2.45, 2.75) is 26.9 Å². The van der Waals surface area contributed by atoms with Gasteiger partial charge in [-0.05, 0) is 45.0 Å². The summed E-state index contributed by atoms with van der Waals surface area (Å²) in [5.41, 5.74) is 0.264. The number of carbonyl (C=O) groups excluding carboxylic acids is 2. The number of methoxy groups -OCH3 is 1. The molecule has 0 radical (unpaired) electrons. The molecule has 150 valence electrons. The summed E-state index contributed by atoms with van der Waals surface area (Å²) in [6, 6.07) is 6.28. The van der Waals surface area contributed by atoms with Crippen LogP contribution >= 0.6 is 0 Å². The molecular weight excluding hydrogens is 366 g/mol. The van der Waals surface area contributed by atoms with Crippen LogP contribution in [0.5, 0.6) is 11.8 Å². The highest BCUT2D eigenvalue weighted by atomic mass is 16.6. The van der Waals surface area contributed by atoms with Gasteiger partial charge in [-0.15, -0.1) is 0 Å². The van der Waals surface area contributed by atoms with Gasteiger partial charge >= 0.3 is 17.9 Å². The smallest absolute Gasteiger partial charge is 0.346 e. The Bertz CT molecular complexity index is 788. The fraction of sp³-hybridized carbons (Fsp3) is 0.389. The molecule has 0 amide bonds. The highest BCUT2D eigenvalue weighted by molar-refractivity contribution is 5.91. The minimum Gasteiger partial charge on any atom is -0.466 e. The van der Waals surface area contributed by atoms with Crippen LogP contribution in [0.2, 0.25) is 0 Å². The number of nitrogens with zero attached hydrogens (tertiary/aromatic N) is 3. The molecule has 10 heteroatoms. The summed E-state index contributed by atoms with van der Waals surface area (Å²) in [4.78, 5) is 36.0. The van der Waals surface area contributed by atoms with Gasteiger partial charge in [-0.3, -0.25) is 0 Å². The largest absolute Gasteiger partial charge is 0.466 e. The summed E-state index contributed by atoms with van der Waals surface area (Å²) >= 11 is 0. The van der Waals surface area contributed by atoms with Crippen molar-refractivity contribution in [1.82, 2.24) is 15.0 Å². The molecule has 2 aromatic rings. The zero-order valence-electron chi connectivity index (χ0n) is 16.2. The fourth-order valence-electron chi connectivity index (χ4n) is 2.08. The van der Waals surface area contributed by atoms with Crippen LogP contribution in [0.4, 0.5) is 11.9 Å². The van der Waals surface area contributed by atoms with E-state index in [9.17, 15) is 9.59 Å². The first-order valence-electron chi connectivity index (χ1n) is 8.77. The summed E-state index contributed by atoms with van der Waals surface area (Å²) < 4.78 is 15.2. The number of hydrogen-bond acceptors (Lipinski definition) is 10. The topological polar surface area (TPSA) is 125 Å². The molecule has 0 aliphatic heterocycles. The second-order valence-corrected chi connectivity index (χ2v) is 5.52. The molecule has 1 atom stereocenters. The highest BCUT2D eigenvalue weighted by Gasteiger charge is 2.19. The van der Waals surface area contributed by atoms with E-state index in [2.05, 4.69) is 30.3 Å². The van der Waals surface area contributed by atoms with Crippen molar-refractivity contribution in [3.05, 3.63) is 29.8 Å². The van der Waals surface area contributed by atoms with Gasteiger partial charge in [0.1, 0.15) is 5.75 Å². The van der Waals surface area contributed by atoms with Gasteiger partial charge < -0.3 is 24.8 Å². The lowest BCUT2D eigenvalue weighted by molar-refractivity contribution is -0.149. The third-order valence-corrected chi connectivity index (χ3v) is 3.40. The summed E-state index contributed by atoms with van der Waals surface area (Å²) in [5, 5.41) is 6.01. The Morgan fingerprint density at radius 1 is 1.00 bits per heavy atom. The number of ether oxygens (including phenoxy) is 3. The van der Waals surface area contributed by atoms with Crippen LogP contribution in [-0.4, -0.2) is 53.2 Å². The number of nitrogens with one attached hydrogen (secondary N) is 2. The Kier molecular flexibility index (Phi) is 7.49. The number of carbonyl (C=O) groups is 2. The maximum atomic E-state index is 12.1. The van der Waals surface area contributed by atoms with E-state index >= 15 is 0 Å². The van der Waals surface area contributed by atoms with Crippen molar-refractivity contribution in [2.24, 2.45) is 0 Å². The zero-order chi connectivity index (χ0) is 20.5. The zero-order valence-corrected chi connectivity index (χ0v) is 16.2. The number of aromatic nitrogens is 3. The van der Waals surface area contributed by atoms with Crippen molar-refractivity contribution >= 4 is 23.8 Å². The molecule has 1 aromatic heterocycles. The van der Waals surface area contributed by atoms with Crippen LogP contribution in [0, 0.1) is 0 Å². The lowest BCUT2D eigenvalue weighted by Gasteiger charge is -2.11. The van der Waals surface area contributed by atoms with E-state index in [1.807, 2.05) is 13.8 Å². The van der Waals surface area contributed by atoms with Crippen molar-refractivity contribution in [3.8, 4) is 11.8 Å². The Morgan fingerprint density at radius 2 is 1.57 bits per heavy atom. The second-order valence-electron chi connectivity index (χ2n) is 5.52. The number of esters is 2. The van der Waals surface area contributed by atoms with Crippen LogP contribution < -0.4 is 15.4 Å². The fourth-order valence-corrected chi connectivity index (χ4v) is 2.08. The Labute approximate surface area is 162 Å². The van der Waals surface area contributed by atoms with Gasteiger partial charge in [0.05, 0.1) is 12.7 Å². The number of hydrogen-bond donors (Lipinski definition) is 2. The van der Waals surface area contributed by atoms with Gasteiger partial charge in [-0.2, -0.15) is 15.0 Å². The average Bonchev–Trinajstić information content (AvgIpc) is 2.68. The Hall–Kier alpha value is -3.43. The Balaban J connectivity index is 2.09. The number of anilines is 2. The van der Waals surface area contributed by atoms with Crippen molar-refractivity contribution in [3.63, 3.8) is 0 Å². The van der Waals surface area contributed by atoms with E-state index < -0.39 is 18.0 Å². The first-order valence-corrected chi connectivity index (χ1v) is 8.77. The van der Waals surface area contributed by atoms with Crippen LogP contribution in [-0.2, 0) is 14.3 Å². The first-order chi connectivity index (χ1) is 13.5. The van der Waals surface area contributed by atoms with Crippen LogP contribution in [0.3, 0.4) is 0 Å². The maximum Gasteiger partial charge on any atom is 0.346 e. The van der Waals surface area contributed by atoms with Crippen molar-refractivity contribution in [1.29, 1.82) is 0 Å². The first kappa shape index (κ1) is 20.9. The molecule has 0 spiro atoms. The van der Waals surface area contributed by atoms with E-state index in [0.29, 0.717) is 30.7 Å². The normalized spacial score (nSPS) is 11.3. The monoisotopic (exact) mass is 389 g/mol. The van der Waals surface area contributed by atoms with Gasteiger partial charge in [0.25, 0.3) is 0 Å². The standard InChI is InChI=1S/C18H23N5O5/c1-5-19-16-21-17(20-6-2)23-18(22-16)28-13-9-7-12(8-10-13)15(25)27-11(3)14(24)26-4/h7-11H,5-6H2,1-4H3,(H2,19,20,21,22,23)/t11-/m1/s1. The molecule has 0 fully saturated rings. The van der Waals surface area contributed by atoms with Gasteiger partial charge in [0.15, 0.2) is 6.10 Å². The second kappa shape index (κ2) is 10.0. The molecule has 2 rings (SSSR count). The summed E-state index contributed by atoms with van der Waals surface area (Å²) in [6.07, 6.45) is -0.993. The molecule has 0 unspecified atom stereocenters. The van der Waals surface area contributed by atoms with Gasteiger partial charge in [-0.1, -0.05) is 0 Å². The van der Waals surface area contributed by atoms with E-state index in [1.54, 1.807) is 12.1 Å². The molecule has 2 N–H and O–H groups in total. The molecule has 0 saturated heterocycles. The molecule has 1 heterocycles. The molecule has 0 saturated carbocycles. The number of benzene rings is 1. The van der Waals surface area contributed by atoms with Crippen LogP contribution in [0.25, 0.3) is 0 Å². The van der Waals surface area contributed by atoms with Crippen molar-refractivity contribution < 1.29 is 23.8 Å². The van der Waals surface area contributed by atoms with Crippen LogP contribution in [0.1, 0.15) is 31.1 Å². The molecule has 0 aliphatic carbocycles. The third-order valence-electron chi connectivity index (χ3n) is 3.40. The quantitative estimate of drug-likeness (QED) is 0.617. The summed E-state index contributed by atoms with van der Waals surface area (Å²) in [5.74, 6) is -0.0702. The molecule has 28 heavy (non-hydrogen) atoms.